The number of carboxylic acid groups (broad SMARTS) is 1. The maximum absolute atomic E-state index is 11.9. The molecule has 31 heavy (non-hydrogen) atoms. The molecular weight excluding hydrogens is 406 g/mol. The Morgan fingerprint density at radius 1 is 1.03 bits per heavy atom. The second kappa shape index (κ2) is 14.9. The molecule has 0 aromatic heterocycles. The number of nitrogens with zero attached hydrogens (tertiary/aromatic N) is 2. The molecule has 2 aromatic rings. The van der Waals surface area contributed by atoms with Crippen molar-refractivity contribution in [2.45, 2.75) is 45.4 Å². The second-order valence-corrected chi connectivity index (χ2v) is 8.22. The summed E-state index contributed by atoms with van der Waals surface area (Å²) in [5, 5.41) is 9.74. The number of unbranched alkanes of at least 4 members (excludes halogenated alkanes) is 1. The third-order valence-corrected chi connectivity index (χ3v) is 5.63. The van der Waals surface area contributed by atoms with Gasteiger partial charge in [0.2, 0.25) is 0 Å². The van der Waals surface area contributed by atoms with Crippen LogP contribution in [-0.4, -0.2) is 56.3 Å². The van der Waals surface area contributed by atoms with Gasteiger partial charge in [0.05, 0.1) is 5.56 Å². The Labute approximate surface area is 193 Å². The highest BCUT2D eigenvalue weighted by Crippen LogP contribution is 2.40. The van der Waals surface area contributed by atoms with Crippen LogP contribution in [0.1, 0.15) is 50.9 Å². The Kier molecular flexibility index (Phi) is 13.0. The number of carboxylic acids is 1. The normalized spacial score (nSPS) is 10.5. The molecule has 5 nitrogen and oxygen atoms in total. The maximum Gasteiger partial charge on any atom is 0.335 e. The Morgan fingerprint density at radius 3 is 2.26 bits per heavy atom. The molecule has 0 heterocycles. The predicted molar refractivity (Wildman–Crippen MR) is 135 cm³/mol. The Balaban J connectivity index is 0.00000233. The molecule has 0 saturated carbocycles. The van der Waals surface area contributed by atoms with Gasteiger partial charge in [0.1, 0.15) is 0 Å². The van der Waals surface area contributed by atoms with Gasteiger partial charge in [0.15, 0.2) is 0 Å². The van der Waals surface area contributed by atoms with E-state index < -0.39 is 5.97 Å². The molecule has 2 rings (SSSR count). The summed E-state index contributed by atoms with van der Waals surface area (Å²) >= 11 is 1.50. The Bertz CT molecular complexity index is 782. The van der Waals surface area contributed by atoms with Gasteiger partial charge in [0.25, 0.3) is 0 Å². The summed E-state index contributed by atoms with van der Waals surface area (Å²) < 4.78 is 3.30. The minimum absolute atomic E-state index is 0.325. The molecule has 172 valence electrons. The van der Waals surface area contributed by atoms with Crippen LogP contribution in [0.25, 0.3) is 11.1 Å². The first-order valence-electron chi connectivity index (χ1n) is 11.2. The lowest BCUT2D eigenvalue weighted by Crippen LogP contribution is -2.33. The van der Waals surface area contributed by atoms with Crippen molar-refractivity contribution in [3.05, 3.63) is 48.0 Å². The minimum Gasteiger partial charge on any atom is -0.478 e. The molecule has 0 aliphatic carbocycles. The predicted octanol–water partition coefficient (Wildman–Crippen LogP) is 5.86. The lowest BCUT2D eigenvalue weighted by molar-refractivity contribution is 0.0696. The summed E-state index contributed by atoms with van der Waals surface area (Å²) in [6.07, 6.45) is 2.16. The number of carbonyl (C=O) groups is 1. The molecule has 0 fully saturated rings. The zero-order chi connectivity index (χ0) is 23.2. The van der Waals surface area contributed by atoms with E-state index in [1.165, 1.54) is 11.9 Å². The molecule has 0 spiro atoms. The highest BCUT2D eigenvalue weighted by Gasteiger charge is 2.20. The van der Waals surface area contributed by atoms with Crippen LogP contribution < -0.4 is 9.62 Å². The summed E-state index contributed by atoms with van der Waals surface area (Å²) in [7, 11) is 4.13. The average molecular weight is 446 g/mol. The molecule has 0 atom stereocenters. The number of hydrogen-bond acceptors (Lipinski definition) is 5. The number of anilines is 1. The van der Waals surface area contributed by atoms with E-state index in [1.54, 1.807) is 6.07 Å². The second-order valence-electron chi connectivity index (χ2n) is 7.28. The van der Waals surface area contributed by atoms with Crippen molar-refractivity contribution in [1.29, 1.82) is 0 Å². The van der Waals surface area contributed by atoms with Gasteiger partial charge in [-0.15, -0.1) is 0 Å². The van der Waals surface area contributed by atoms with E-state index in [2.05, 4.69) is 47.7 Å². The first-order valence-corrected chi connectivity index (χ1v) is 12.1. The third kappa shape index (κ3) is 8.56. The van der Waals surface area contributed by atoms with Gasteiger partial charge < -0.3 is 14.9 Å². The third-order valence-electron chi connectivity index (χ3n) is 4.66. The summed E-state index contributed by atoms with van der Waals surface area (Å²) in [4.78, 5) is 17.3. The molecular formula is C25H39N3O2S. The number of likely N-dealkylation sites (N-methyl/N-ethyl adjacent to an activating group) is 1. The van der Waals surface area contributed by atoms with Crippen molar-refractivity contribution in [3.63, 3.8) is 0 Å². The maximum atomic E-state index is 11.9. The SMILES string of the molecule is CC.CCCCN(CCN(C)C)c1cc(C(=O)O)cc(SNCC)c1-c1ccccc1. The molecule has 0 radical (unpaired) electrons. The van der Waals surface area contributed by atoms with Crippen LogP contribution in [0.2, 0.25) is 0 Å². The molecule has 0 saturated heterocycles. The number of benzene rings is 2. The van der Waals surface area contributed by atoms with E-state index in [0.29, 0.717) is 5.56 Å². The van der Waals surface area contributed by atoms with Gasteiger partial charge >= 0.3 is 5.97 Å². The van der Waals surface area contributed by atoms with Gasteiger partial charge in [-0.1, -0.05) is 64.4 Å². The van der Waals surface area contributed by atoms with Crippen molar-refractivity contribution in [3.8, 4) is 11.1 Å². The first kappa shape index (κ1) is 27.0. The first-order chi connectivity index (χ1) is 15.0. The molecule has 0 aliphatic heterocycles. The van der Waals surface area contributed by atoms with E-state index in [0.717, 1.165) is 60.7 Å². The van der Waals surface area contributed by atoms with Crippen LogP contribution in [0.5, 0.6) is 0 Å². The summed E-state index contributed by atoms with van der Waals surface area (Å²) in [5.74, 6) is -0.896. The molecule has 2 N–H and O–H groups in total. The fraction of sp³-hybridized carbons (Fsp3) is 0.480. The Morgan fingerprint density at radius 2 is 1.71 bits per heavy atom. The molecule has 0 amide bonds. The van der Waals surface area contributed by atoms with Gasteiger partial charge in [-0.25, -0.2) is 4.79 Å². The van der Waals surface area contributed by atoms with Crippen molar-refractivity contribution < 1.29 is 9.90 Å². The highest BCUT2D eigenvalue weighted by molar-refractivity contribution is 7.97. The molecule has 0 unspecified atom stereocenters. The van der Waals surface area contributed by atoms with Crippen LogP contribution in [0.4, 0.5) is 5.69 Å². The van der Waals surface area contributed by atoms with Crippen LogP contribution in [-0.2, 0) is 0 Å². The topological polar surface area (TPSA) is 55.8 Å². The lowest BCUT2D eigenvalue weighted by atomic mass is 10.00. The van der Waals surface area contributed by atoms with Crippen molar-refractivity contribution >= 4 is 23.6 Å². The van der Waals surface area contributed by atoms with Crippen LogP contribution in [0.3, 0.4) is 0 Å². The van der Waals surface area contributed by atoms with E-state index in [9.17, 15) is 9.90 Å². The largest absolute Gasteiger partial charge is 0.478 e. The fourth-order valence-corrected chi connectivity index (χ4v) is 3.93. The van der Waals surface area contributed by atoms with Crippen LogP contribution in [0.15, 0.2) is 47.4 Å². The summed E-state index contributed by atoms with van der Waals surface area (Å²) in [6.45, 7) is 11.7. The van der Waals surface area contributed by atoms with Gasteiger partial charge in [0, 0.05) is 42.3 Å². The van der Waals surface area contributed by atoms with Gasteiger partial charge in [-0.05, 0) is 50.2 Å². The van der Waals surface area contributed by atoms with Gasteiger partial charge in [-0.3, -0.25) is 4.72 Å². The number of aromatic carboxylic acids is 1. The molecule has 0 aliphatic rings. The van der Waals surface area contributed by atoms with E-state index in [-0.39, 0.29) is 0 Å². The number of rotatable bonds is 12. The fourth-order valence-electron chi connectivity index (χ4n) is 3.12. The zero-order valence-corrected chi connectivity index (χ0v) is 20.8. The molecule has 0 bridgehead atoms. The lowest BCUT2D eigenvalue weighted by Gasteiger charge is -2.30. The molecule has 6 heteroatoms. The van der Waals surface area contributed by atoms with Crippen molar-refractivity contribution in [2.75, 3.05) is 45.2 Å². The Hall–Kier alpha value is -2.02. The van der Waals surface area contributed by atoms with Crippen molar-refractivity contribution in [1.82, 2.24) is 9.62 Å². The molecule has 2 aromatic carbocycles. The van der Waals surface area contributed by atoms with Gasteiger partial charge in [-0.2, -0.15) is 0 Å². The van der Waals surface area contributed by atoms with E-state index in [4.69, 9.17) is 0 Å². The number of hydrogen-bond donors (Lipinski definition) is 2. The number of nitrogens with one attached hydrogen (secondary N) is 1. The standard InChI is InChI=1S/C23H33N3O2S.C2H6/c1-5-7-13-26(15-14-25(3)4)20-16-19(23(27)28)17-21(29-24-6-2)22(20)18-11-9-8-10-12-18;1-2/h8-12,16-17,24H,5-7,13-15H2,1-4H3,(H,27,28);1-2H3. The van der Waals surface area contributed by atoms with Crippen molar-refractivity contribution in [2.24, 2.45) is 0 Å². The summed E-state index contributed by atoms with van der Waals surface area (Å²) in [6, 6.07) is 13.9. The zero-order valence-electron chi connectivity index (χ0n) is 19.9. The van der Waals surface area contributed by atoms with E-state index >= 15 is 0 Å². The minimum atomic E-state index is -0.896. The highest BCUT2D eigenvalue weighted by atomic mass is 32.2. The van der Waals surface area contributed by atoms with E-state index in [1.807, 2.05) is 45.0 Å². The average Bonchev–Trinajstić information content (AvgIpc) is 2.78. The summed E-state index contributed by atoms with van der Waals surface area (Å²) in [5.41, 5.74) is 3.51. The smallest absolute Gasteiger partial charge is 0.335 e. The van der Waals surface area contributed by atoms with Crippen LogP contribution in [0, 0.1) is 0 Å². The quantitative estimate of drug-likeness (QED) is 0.399. The monoisotopic (exact) mass is 445 g/mol. The van der Waals surface area contributed by atoms with Crippen LogP contribution >= 0.6 is 11.9 Å².